The van der Waals surface area contributed by atoms with Crippen LogP contribution in [0.25, 0.3) is 0 Å². The van der Waals surface area contributed by atoms with Crippen LogP contribution in [0.3, 0.4) is 0 Å². The highest BCUT2D eigenvalue weighted by Crippen LogP contribution is 2.13. The molecule has 0 saturated carbocycles. The van der Waals surface area contributed by atoms with Crippen molar-refractivity contribution in [3.8, 4) is 0 Å². The summed E-state index contributed by atoms with van der Waals surface area (Å²) >= 11 is 0. The molecule has 0 unspecified atom stereocenters. The molecule has 0 amide bonds. The van der Waals surface area contributed by atoms with Gasteiger partial charge in [-0.15, -0.1) is 0 Å². The van der Waals surface area contributed by atoms with Crippen molar-refractivity contribution < 1.29 is 14.3 Å². The lowest BCUT2D eigenvalue weighted by Crippen LogP contribution is -2.32. The van der Waals surface area contributed by atoms with Crippen LogP contribution < -0.4 is 0 Å². The Hall–Kier alpha value is -0.830. The molecule has 0 heterocycles. The number of rotatable bonds is 5. The minimum Gasteiger partial charge on any atom is -0.431 e. The van der Waals surface area contributed by atoms with Crippen LogP contribution in [0.15, 0.2) is 12.2 Å². The Morgan fingerprint density at radius 1 is 1.43 bits per heavy atom. The maximum atomic E-state index is 11.1. The number of esters is 1. The van der Waals surface area contributed by atoms with Crippen LogP contribution in [0.4, 0.5) is 0 Å². The van der Waals surface area contributed by atoms with Gasteiger partial charge < -0.3 is 9.47 Å². The first-order valence-corrected chi connectivity index (χ1v) is 4.87. The highest BCUT2D eigenvalue weighted by atomic mass is 16.7. The Morgan fingerprint density at radius 2 is 2.00 bits per heavy atom. The molecule has 3 heteroatoms. The van der Waals surface area contributed by atoms with E-state index in [4.69, 9.17) is 9.47 Å². The molecule has 0 aliphatic heterocycles. The van der Waals surface area contributed by atoms with Crippen molar-refractivity contribution in [3.05, 3.63) is 12.2 Å². The summed E-state index contributed by atoms with van der Waals surface area (Å²) in [5.74, 6) is -0.795. The van der Waals surface area contributed by atoms with E-state index in [1.165, 1.54) is 6.08 Å². The quantitative estimate of drug-likeness (QED) is 0.388. The number of hydrogen-bond donors (Lipinski definition) is 0. The molecule has 0 spiro atoms. The molecule has 0 atom stereocenters. The molecule has 0 rings (SSSR count). The molecular weight excluding hydrogens is 180 g/mol. The lowest BCUT2D eigenvalue weighted by Gasteiger charge is -2.25. The highest BCUT2D eigenvalue weighted by molar-refractivity contribution is 5.82. The Bertz CT molecular complexity index is 205. The largest absolute Gasteiger partial charge is 0.431 e. The fourth-order valence-corrected chi connectivity index (χ4v) is 0.809. The first kappa shape index (κ1) is 13.2. The summed E-state index contributed by atoms with van der Waals surface area (Å²) in [6.45, 7) is 9.90. The summed E-state index contributed by atoms with van der Waals surface area (Å²) in [4.78, 5) is 11.1. The van der Waals surface area contributed by atoms with Crippen LogP contribution in [0.2, 0.25) is 0 Å². The van der Waals surface area contributed by atoms with Gasteiger partial charge in [0, 0.05) is 19.9 Å². The number of carbonyl (C=O) groups excluding carboxylic acids is 1. The van der Waals surface area contributed by atoms with E-state index in [0.717, 1.165) is 0 Å². The zero-order valence-corrected chi connectivity index (χ0v) is 9.66. The van der Waals surface area contributed by atoms with E-state index in [0.29, 0.717) is 12.5 Å². The summed E-state index contributed by atoms with van der Waals surface area (Å²) in [5, 5.41) is 0. The molecule has 0 saturated heterocycles. The summed E-state index contributed by atoms with van der Waals surface area (Å²) in [6.07, 6.45) is 3.02. The van der Waals surface area contributed by atoms with Crippen molar-refractivity contribution in [2.24, 2.45) is 5.92 Å². The van der Waals surface area contributed by atoms with Gasteiger partial charge in [-0.3, -0.25) is 0 Å². The van der Waals surface area contributed by atoms with Crippen LogP contribution in [0, 0.1) is 5.92 Å². The second-order valence-corrected chi connectivity index (χ2v) is 4.03. The third kappa shape index (κ3) is 6.66. The summed E-state index contributed by atoms with van der Waals surface area (Å²) in [5.41, 5.74) is 0. The number of hydrogen-bond acceptors (Lipinski definition) is 3. The van der Waals surface area contributed by atoms with Gasteiger partial charge >= 0.3 is 5.97 Å². The van der Waals surface area contributed by atoms with Gasteiger partial charge in [0.15, 0.2) is 0 Å². The minimum atomic E-state index is -0.846. The molecule has 0 N–H and O–H groups in total. The summed E-state index contributed by atoms with van der Waals surface area (Å²) in [6, 6.07) is 0. The standard InChI is InChI=1S/C11H20O3/c1-6-7-10(12)14-11(4,5)13-8-9(2)3/h6-7,9H,8H2,1-5H3/b7-6+. The molecule has 82 valence electrons. The molecule has 0 aliphatic carbocycles. The van der Waals surface area contributed by atoms with Gasteiger partial charge in [0.1, 0.15) is 0 Å². The summed E-state index contributed by atoms with van der Waals surface area (Å²) < 4.78 is 10.5. The molecule has 0 aromatic carbocycles. The molecule has 0 aromatic heterocycles. The van der Waals surface area contributed by atoms with Crippen molar-refractivity contribution in [1.29, 1.82) is 0 Å². The van der Waals surface area contributed by atoms with Gasteiger partial charge in [-0.1, -0.05) is 19.9 Å². The van der Waals surface area contributed by atoms with Gasteiger partial charge in [-0.05, 0) is 12.8 Å². The average molecular weight is 200 g/mol. The van der Waals surface area contributed by atoms with Crippen LogP contribution in [-0.4, -0.2) is 18.4 Å². The fraction of sp³-hybridized carbons (Fsp3) is 0.727. The predicted octanol–water partition coefficient (Wildman–Crippen LogP) is 2.51. The van der Waals surface area contributed by atoms with Crippen LogP contribution in [0.5, 0.6) is 0 Å². The molecule has 3 nitrogen and oxygen atoms in total. The van der Waals surface area contributed by atoms with Gasteiger partial charge in [-0.2, -0.15) is 0 Å². The van der Waals surface area contributed by atoms with Crippen LogP contribution in [0.1, 0.15) is 34.6 Å². The second kappa shape index (κ2) is 5.81. The van der Waals surface area contributed by atoms with Gasteiger partial charge in [-0.25, -0.2) is 4.79 Å². The molecule has 0 bridgehead atoms. The Balaban J connectivity index is 3.99. The Kier molecular flexibility index (Phi) is 5.46. The molecule has 0 fully saturated rings. The monoisotopic (exact) mass is 200 g/mol. The van der Waals surface area contributed by atoms with E-state index in [-0.39, 0.29) is 5.97 Å². The fourth-order valence-electron chi connectivity index (χ4n) is 0.809. The molecule has 14 heavy (non-hydrogen) atoms. The maximum Gasteiger partial charge on any atom is 0.332 e. The van der Waals surface area contributed by atoms with E-state index < -0.39 is 5.79 Å². The zero-order valence-electron chi connectivity index (χ0n) is 9.66. The molecule has 0 aromatic rings. The normalized spacial score (nSPS) is 12.4. The predicted molar refractivity (Wildman–Crippen MR) is 55.8 cm³/mol. The number of carbonyl (C=O) groups is 1. The second-order valence-electron chi connectivity index (χ2n) is 4.03. The Labute approximate surface area is 86.1 Å². The van der Waals surface area contributed by atoms with E-state index in [1.807, 2.05) is 13.8 Å². The topological polar surface area (TPSA) is 35.5 Å². The van der Waals surface area contributed by atoms with Gasteiger partial charge in [0.25, 0.3) is 0 Å². The first-order chi connectivity index (χ1) is 6.37. The highest BCUT2D eigenvalue weighted by Gasteiger charge is 2.22. The summed E-state index contributed by atoms with van der Waals surface area (Å²) in [7, 11) is 0. The van der Waals surface area contributed by atoms with Crippen molar-refractivity contribution in [2.75, 3.05) is 6.61 Å². The lowest BCUT2D eigenvalue weighted by atomic mass is 10.2. The zero-order chi connectivity index (χ0) is 11.2. The number of allylic oxidation sites excluding steroid dienone is 1. The third-order valence-corrected chi connectivity index (χ3v) is 1.41. The van der Waals surface area contributed by atoms with Crippen molar-refractivity contribution in [2.45, 2.75) is 40.4 Å². The van der Waals surface area contributed by atoms with E-state index in [1.54, 1.807) is 26.8 Å². The Morgan fingerprint density at radius 3 is 2.43 bits per heavy atom. The van der Waals surface area contributed by atoms with Gasteiger partial charge in [0.2, 0.25) is 5.79 Å². The van der Waals surface area contributed by atoms with Crippen molar-refractivity contribution >= 4 is 5.97 Å². The maximum absolute atomic E-state index is 11.1. The van der Waals surface area contributed by atoms with Gasteiger partial charge in [0.05, 0.1) is 6.61 Å². The molecule has 0 aliphatic rings. The molecule has 0 radical (unpaired) electrons. The first-order valence-electron chi connectivity index (χ1n) is 4.87. The SMILES string of the molecule is C/C=C/C(=O)OC(C)(C)OCC(C)C. The van der Waals surface area contributed by atoms with E-state index >= 15 is 0 Å². The van der Waals surface area contributed by atoms with Crippen molar-refractivity contribution in [1.82, 2.24) is 0 Å². The van der Waals surface area contributed by atoms with E-state index in [9.17, 15) is 4.79 Å². The minimum absolute atomic E-state index is 0.374. The third-order valence-electron chi connectivity index (χ3n) is 1.41. The van der Waals surface area contributed by atoms with Crippen molar-refractivity contribution in [3.63, 3.8) is 0 Å². The van der Waals surface area contributed by atoms with Crippen LogP contribution in [-0.2, 0) is 14.3 Å². The van der Waals surface area contributed by atoms with Crippen LogP contribution >= 0.6 is 0 Å². The smallest absolute Gasteiger partial charge is 0.332 e. The van der Waals surface area contributed by atoms with E-state index in [2.05, 4.69) is 0 Å². The lowest BCUT2D eigenvalue weighted by molar-refractivity contribution is -0.214. The number of ether oxygens (including phenoxy) is 2. The molecular formula is C11H20O3. The average Bonchev–Trinajstić information content (AvgIpc) is 2.00.